The molecule has 1 aromatic carbocycles. The van der Waals surface area contributed by atoms with Crippen molar-refractivity contribution < 1.29 is 24.9 Å². The first-order valence-corrected chi connectivity index (χ1v) is 4.71. The van der Waals surface area contributed by atoms with Gasteiger partial charge in [-0.1, -0.05) is 5.21 Å². The van der Waals surface area contributed by atoms with E-state index in [9.17, 15) is 14.7 Å². The number of benzene rings is 1. The maximum Gasteiger partial charge on any atom is 0.358 e. The molecule has 1 heterocycles. The molecule has 0 amide bonds. The third-order valence-electron chi connectivity index (χ3n) is 2.19. The van der Waals surface area contributed by atoms with Crippen LogP contribution in [-0.4, -0.2) is 42.3 Å². The van der Waals surface area contributed by atoms with Crippen molar-refractivity contribution in [2.24, 2.45) is 0 Å². The van der Waals surface area contributed by atoms with Crippen molar-refractivity contribution in [1.29, 1.82) is 0 Å². The van der Waals surface area contributed by atoms with E-state index in [0.29, 0.717) is 5.69 Å². The van der Waals surface area contributed by atoms with Gasteiger partial charge in [-0.25, -0.2) is 14.3 Å². The molecule has 2 aromatic rings. The van der Waals surface area contributed by atoms with Gasteiger partial charge in [-0.05, 0) is 12.1 Å². The summed E-state index contributed by atoms with van der Waals surface area (Å²) in [6, 6.07) is 3.72. The zero-order valence-corrected chi connectivity index (χ0v) is 8.81. The Bertz CT molecular complexity index is 634. The molecular weight excluding hydrogens is 242 g/mol. The van der Waals surface area contributed by atoms with E-state index in [1.54, 1.807) is 0 Å². The largest absolute Gasteiger partial charge is 0.507 e. The summed E-state index contributed by atoms with van der Waals surface area (Å²) in [5.74, 6) is -2.93. The van der Waals surface area contributed by atoms with Gasteiger partial charge in [0.25, 0.3) is 0 Å². The number of hydrogen-bond acceptors (Lipinski definition) is 5. The lowest BCUT2D eigenvalue weighted by Gasteiger charge is -2.03. The van der Waals surface area contributed by atoms with Crippen molar-refractivity contribution in [1.82, 2.24) is 15.0 Å². The van der Waals surface area contributed by atoms with Crippen LogP contribution in [0, 0.1) is 0 Å². The van der Waals surface area contributed by atoms with Gasteiger partial charge in [0.1, 0.15) is 11.3 Å². The number of rotatable bonds is 3. The second kappa shape index (κ2) is 4.17. The SMILES string of the molecule is O=C(O)c1cn(-c2ccc(C(=O)O)c(O)c2)nn1. The molecule has 3 N–H and O–H groups in total. The van der Waals surface area contributed by atoms with Crippen LogP contribution in [0.3, 0.4) is 0 Å². The van der Waals surface area contributed by atoms with Gasteiger partial charge in [0.2, 0.25) is 0 Å². The molecule has 2 rings (SSSR count). The molecule has 0 radical (unpaired) electrons. The standard InChI is InChI=1S/C10H7N3O5/c14-8-3-5(1-2-6(8)9(15)16)13-4-7(10(17)18)11-12-13/h1-4,14H,(H,15,16)(H,17,18). The van der Waals surface area contributed by atoms with Crippen LogP contribution in [0.2, 0.25) is 0 Å². The minimum absolute atomic E-state index is 0.252. The number of aromatic nitrogens is 3. The smallest absolute Gasteiger partial charge is 0.358 e. The quantitative estimate of drug-likeness (QED) is 0.717. The minimum Gasteiger partial charge on any atom is -0.507 e. The normalized spacial score (nSPS) is 10.2. The summed E-state index contributed by atoms with van der Waals surface area (Å²) in [5.41, 5.74) is -0.202. The Morgan fingerprint density at radius 3 is 2.39 bits per heavy atom. The molecule has 92 valence electrons. The van der Waals surface area contributed by atoms with Crippen molar-refractivity contribution >= 4 is 11.9 Å². The molecule has 0 fully saturated rings. The highest BCUT2D eigenvalue weighted by atomic mass is 16.4. The Hall–Kier alpha value is -2.90. The van der Waals surface area contributed by atoms with Gasteiger partial charge in [-0.3, -0.25) is 0 Å². The van der Waals surface area contributed by atoms with Gasteiger partial charge in [-0.15, -0.1) is 5.10 Å². The lowest BCUT2D eigenvalue weighted by molar-refractivity contribution is 0.0681. The van der Waals surface area contributed by atoms with E-state index in [0.717, 1.165) is 16.9 Å². The molecule has 0 saturated carbocycles. The summed E-state index contributed by atoms with van der Waals surface area (Å²) < 4.78 is 1.12. The van der Waals surface area contributed by atoms with Crippen LogP contribution in [0.5, 0.6) is 5.75 Å². The number of hydrogen-bond donors (Lipinski definition) is 3. The molecule has 1 aromatic heterocycles. The third kappa shape index (κ3) is 1.98. The van der Waals surface area contributed by atoms with Crippen LogP contribution in [0.1, 0.15) is 20.8 Å². The molecule has 18 heavy (non-hydrogen) atoms. The van der Waals surface area contributed by atoms with Crippen LogP contribution >= 0.6 is 0 Å². The fourth-order valence-electron chi connectivity index (χ4n) is 1.33. The van der Waals surface area contributed by atoms with Crippen LogP contribution in [-0.2, 0) is 0 Å². The molecule has 0 aliphatic rings. The van der Waals surface area contributed by atoms with Gasteiger partial charge in [0.15, 0.2) is 5.69 Å². The van der Waals surface area contributed by atoms with E-state index in [1.165, 1.54) is 12.1 Å². The topological polar surface area (TPSA) is 126 Å². The molecule has 0 spiro atoms. The van der Waals surface area contributed by atoms with Gasteiger partial charge < -0.3 is 15.3 Å². The van der Waals surface area contributed by atoms with E-state index in [-0.39, 0.29) is 11.3 Å². The summed E-state index contributed by atoms with van der Waals surface area (Å²) in [5, 5.41) is 33.8. The average molecular weight is 249 g/mol. The first-order valence-electron chi connectivity index (χ1n) is 4.71. The first kappa shape index (κ1) is 11.6. The molecule has 0 bridgehead atoms. The lowest BCUT2D eigenvalue weighted by Crippen LogP contribution is -2.00. The number of carboxylic acids is 2. The number of phenols is 1. The Kier molecular flexibility index (Phi) is 2.68. The predicted octanol–water partition coefficient (Wildman–Crippen LogP) is 0.369. The summed E-state index contributed by atoms with van der Waals surface area (Å²) in [7, 11) is 0. The van der Waals surface area contributed by atoms with Crippen molar-refractivity contribution in [3.8, 4) is 11.4 Å². The summed E-state index contributed by atoms with van der Waals surface area (Å²) in [6.45, 7) is 0. The minimum atomic E-state index is -1.26. The monoisotopic (exact) mass is 249 g/mol. The average Bonchev–Trinajstić information content (AvgIpc) is 2.77. The van der Waals surface area contributed by atoms with Gasteiger partial charge in [0, 0.05) is 6.07 Å². The fourth-order valence-corrected chi connectivity index (χ4v) is 1.33. The fraction of sp³-hybridized carbons (Fsp3) is 0. The predicted molar refractivity (Wildman–Crippen MR) is 56.9 cm³/mol. The van der Waals surface area contributed by atoms with E-state index >= 15 is 0 Å². The highest BCUT2D eigenvalue weighted by Gasteiger charge is 2.13. The number of aromatic carboxylic acids is 2. The Labute approximate surface area is 99.7 Å². The maximum atomic E-state index is 10.7. The summed E-state index contributed by atoms with van der Waals surface area (Å²) in [6.07, 6.45) is 1.15. The first-order chi connectivity index (χ1) is 8.49. The Morgan fingerprint density at radius 2 is 1.89 bits per heavy atom. The van der Waals surface area contributed by atoms with Gasteiger partial charge in [-0.2, -0.15) is 0 Å². The molecular formula is C10H7N3O5. The number of carboxylic acid groups (broad SMARTS) is 2. The van der Waals surface area contributed by atoms with E-state index in [1.807, 2.05) is 0 Å². The van der Waals surface area contributed by atoms with Crippen molar-refractivity contribution in [3.05, 3.63) is 35.7 Å². The molecule has 0 atom stereocenters. The second-order valence-electron chi connectivity index (χ2n) is 3.36. The number of nitrogens with zero attached hydrogens (tertiary/aromatic N) is 3. The Morgan fingerprint density at radius 1 is 1.17 bits per heavy atom. The second-order valence-corrected chi connectivity index (χ2v) is 3.36. The van der Waals surface area contributed by atoms with Gasteiger partial charge in [0.05, 0.1) is 11.9 Å². The highest BCUT2D eigenvalue weighted by Crippen LogP contribution is 2.20. The molecule has 0 saturated heterocycles. The molecule has 8 heteroatoms. The maximum absolute atomic E-state index is 10.7. The summed E-state index contributed by atoms with van der Waals surface area (Å²) in [4.78, 5) is 21.3. The zero-order valence-electron chi connectivity index (χ0n) is 8.81. The number of carbonyl (C=O) groups is 2. The van der Waals surface area contributed by atoms with Crippen LogP contribution in [0.25, 0.3) is 5.69 Å². The van der Waals surface area contributed by atoms with Crippen LogP contribution in [0.4, 0.5) is 0 Å². The summed E-state index contributed by atoms with van der Waals surface area (Å²) >= 11 is 0. The lowest BCUT2D eigenvalue weighted by atomic mass is 10.2. The molecule has 0 aliphatic carbocycles. The highest BCUT2D eigenvalue weighted by molar-refractivity contribution is 5.91. The van der Waals surface area contributed by atoms with E-state index in [2.05, 4.69) is 10.3 Å². The molecule has 0 aliphatic heterocycles. The van der Waals surface area contributed by atoms with E-state index in [4.69, 9.17) is 10.2 Å². The van der Waals surface area contributed by atoms with Crippen molar-refractivity contribution in [2.75, 3.05) is 0 Å². The van der Waals surface area contributed by atoms with Crippen LogP contribution in [0.15, 0.2) is 24.4 Å². The molecule has 0 unspecified atom stereocenters. The number of aromatic hydroxyl groups is 1. The van der Waals surface area contributed by atoms with Gasteiger partial charge >= 0.3 is 11.9 Å². The zero-order chi connectivity index (χ0) is 13.3. The third-order valence-corrected chi connectivity index (χ3v) is 2.19. The Balaban J connectivity index is 2.42. The molecule has 8 nitrogen and oxygen atoms in total. The van der Waals surface area contributed by atoms with Crippen molar-refractivity contribution in [3.63, 3.8) is 0 Å². The van der Waals surface area contributed by atoms with E-state index < -0.39 is 17.7 Å². The van der Waals surface area contributed by atoms with Crippen LogP contribution < -0.4 is 0 Å². The van der Waals surface area contributed by atoms with Crippen molar-refractivity contribution in [2.45, 2.75) is 0 Å².